The van der Waals surface area contributed by atoms with Crippen molar-refractivity contribution in [2.45, 2.75) is 43.0 Å². The lowest BCUT2D eigenvalue weighted by molar-refractivity contribution is 0.411. The third-order valence-corrected chi connectivity index (χ3v) is 6.27. The van der Waals surface area contributed by atoms with Crippen molar-refractivity contribution >= 4 is 9.84 Å². The van der Waals surface area contributed by atoms with Crippen molar-refractivity contribution < 1.29 is 13.2 Å². The minimum absolute atomic E-state index is 0.0604. The van der Waals surface area contributed by atoms with Gasteiger partial charge in [0.25, 0.3) is 0 Å². The van der Waals surface area contributed by atoms with Crippen LogP contribution in [0.25, 0.3) is 5.69 Å². The van der Waals surface area contributed by atoms with Crippen LogP contribution in [-0.4, -0.2) is 30.5 Å². The summed E-state index contributed by atoms with van der Waals surface area (Å²) in [6.45, 7) is 8.02. The quantitative estimate of drug-likeness (QED) is 0.652. The highest BCUT2D eigenvalue weighted by molar-refractivity contribution is 7.91. The summed E-state index contributed by atoms with van der Waals surface area (Å²) in [5.41, 5.74) is 2.08. The topological polar surface area (TPSA) is 97.9 Å². The third-order valence-electron chi connectivity index (χ3n) is 4.59. The van der Waals surface area contributed by atoms with E-state index in [9.17, 15) is 13.7 Å². The Morgan fingerprint density at radius 2 is 1.76 bits per heavy atom. The fourth-order valence-corrected chi connectivity index (χ4v) is 4.17. The molecule has 8 heteroatoms. The first-order valence-electron chi connectivity index (χ1n) is 8.96. The number of rotatable bonds is 4. The molecule has 0 aliphatic heterocycles. The number of methoxy groups -OCH3 is 1. The molecule has 0 radical (unpaired) electrons. The van der Waals surface area contributed by atoms with Crippen molar-refractivity contribution in [2.24, 2.45) is 0 Å². The molecular formula is C21H22N4O3S. The molecule has 2 aromatic carbocycles. The number of sulfone groups is 1. The van der Waals surface area contributed by atoms with Crippen LogP contribution in [-0.2, 0) is 15.3 Å². The van der Waals surface area contributed by atoms with E-state index in [0.717, 1.165) is 11.1 Å². The molecule has 1 aromatic heterocycles. The molecule has 1 heterocycles. The Bertz CT molecular complexity index is 1200. The molecule has 0 aliphatic carbocycles. The first-order chi connectivity index (χ1) is 13.6. The second-order valence-electron chi connectivity index (χ2n) is 7.72. The van der Waals surface area contributed by atoms with Gasteiger partial charge >= 0.3 is 0 Å². The number of nitriles is 1. The van der Waals surface area contributed by atoms with Crippen LogP contribution in [0, 0.1) is 18.3 Å². The summed E-state index contributed by atoms with van der Waals surface area (Å²) in [5.74, 6) is 0.454. The standard InChI is InChI=1S/C21H22N4O3S/c1-14-6-11-19(28-5)17(12-14)25-18(13-22)20(23-24-25)29(26,27)16-9-7-15(8-10-16)21(2,3)4/h6-12H,1-5H3. The number of aryl methyl sites for hydroxylation is 1. The summed E-state index contributed by atoms with van der Waals surface area (Å²) in [5, 5.41) is 17.1. The summed E-state index contributed by atoms with van der Waals surface area (Å²) in [6.07, 6.45) is 0. The Kier molecular flexibility index (Phi) is 5.20. The smallest absolute Gasteiger partial charge is 0.228 e. The maximum absolute atomic E-state index is 13.1. The second-order valence-corrected chi connectivity index (χ2v) is 9.58. The van der Waals surface area contributed by atoms with Gasteiger partial charge in [0.15, 0.2) is 5.69 Å². The number of nitrogens with zero attached hydrogens (tertiary/aromatic N) is 4. The van der Waals surface area contributed by atoms with Gasteiger partial charge in [-0.3, -0.25) is 0 Å². The molecular weight excluding hydrogens is 388 g/mol. The third kappa shape index (κ3) is 3.74. The maximum Gasteiger partial charge on any atom is 0.228 e. The van der Waals surface area contributed by atoms with Crippen LogP contribution in [0.5, 0.6) is 5.75 Å². The predicted molar refractivity (Wildman–Crippen MR) is 108 cm³/mol. The van der Waals surface area contributed by atoms with Crippen LogP contribution in [0.15, 0.2) is 52.4 Å². The molecule has 0 amide bonds. The average Bonchev–Trinajstić information content (AvgIpc) is 3.12. The van der Waals surface area contributed by atoms with Crippen LogP contribution >= 0.6 is 0 Å². The van der Waals surface area contributed by atoms with Crippen molar-refractivity contribution in [1.29, 1.82) is 5.26 Å². The molecule has 29 heavy (non-hydrogen) atoms. The SMILES string of the molecule is COc1ccc(C)cc1-n1nnc(S(=O)(=O)c2ccc(C(C)(C)C)cc2)c1C#N. The van der Waals surface area contributed by atoms with E-state index in [1.54, 1.807) is 24.3 Å². The zero-order valence-electron chi connectivity index (χ0n) is 17.0. The van der Waals surface area contributed by atoms with E-state index in [0.29, 0.717) is 11.4 Å². The fraction of sp³-hybridized carbons (Fsp3) is 0.286. The zero-order chi connectivity index (χ0) is 21.4. The molecule has 0 saturated carbocycles. The number of ether oxygens (including phenoxy) is 1. The van der Waals surface area contributed by atoms with Gasteiger partial charge in [-0.1, -0.05) is 44.2 Å². The molecule has 0 bridgehead atoms. The molecule has 0 aliphatic rings. The second kappa shape index (κ2) is 7.33. The molecule has 0 spiro atoms. The summed E-state index contributed by atoms with van der Waals surface area (Å²) in [7, 11) is -2.53. The molecule has 0 N–H and O–H groups in total. The lowest BCUT2D eigenvalue weighted by atomic mass is 9.87. The van der Waals surface area contributed by atoms with Gasteiger partial charge in [0, 0.05) is 0 Å². The molecule has 0 unspecified atom stereocenters. The van der Waals surface area contributed by atoms with Crippen LogP contribution in [0.3, 0.4) is 0 Å². The Balaban J connectivity index is 2.14. The number of benzene rings is 2. The van der Waals surface area contributed by atoms with Crippen molar-refractivity contribution in [2.75, 3.05) is 7.11 Å². The van der Waals surface area contributed by atoms with E-state index >= 15 is 0 Å². The molecule has 0 fully saturated rings. The first kappa shape index (κ1) is 20.6. The van der Waals surface area contributed by atoms with Crippen LogP contribution < -0.4 is 4.74 Å². The predicted octanol–water partition coefficient (Wildman–Crippen LogP) is 3.59. The van der Waals surface area contributed by atoms with Gasteiger partial charge < -0.3 is 4.74 Å². The first-order valence-corrected chi connectivity index (χ1v) is 10.4. The van der Waals surface area contributed by atoms with Gasteiger partial charge in [0.1, 0.15) is 17.5 Å². The van der Waals surface area contributed by atoms with Gasteiger partial charge in [-0.15, -0.1) is 5.10 Å². The zero-order valence-corrected chi connectivity index (χ0v) is 17.8. The fourth-order valence-electron chi connectivity index (χ4n) is 2.92. The van der Waals surface area contributed by atoms with Crippen LogP contribution in [0.2, 0.25) is 0 Å². The monoisotopic (exact) mass is 410 g/mol. The molecule has 0 saturated heterocycles. The average molecular weight is 410 g/mol. The maximum atomic E-state index is 13.1. The summed E-state index contributed by atoms with van der Waals surface area (Å²) >= 11 is 0. The number of hydrogen-bond acceptors (Lipinski definition) is 6. The Hall–Kier alpha value is -3.18. The van der Waals surface area contributed by atoms with E-state index in [4.69, 9.17) is 4.74 Å². The molecule has 0 atom stereocenters. The molecule has 150 valence electrons. The largest absolute Gasteiger partial charge is 0.494 e. The van der Waals surface area contributed by atoms with E-state index < -0.39 is 9.84 Å². The number of aromatic nitrogens is 3. The van der Waals surface area contributed by atoms with E-state index in [1.807, 2.05) is 39.8 Å². The van der Waals surface area contributed by atoms with E-state index in [2.05, 4.69) is 10.3 Å². The van der Waals surface area contributed by atoms with Gasteiger partial charge in [-0.2, -0.15) is 9.94 Å². The Morgan fingerprint density at radius 3 is 2.31 bits per heavy atom. The van der Waals surface area contributed by atoms with Crippen molar-refractivity contribution in [3.8, 4) is 17.5 Å². The molecule has 3 rings (SSSR count). The van der Waals surface area contributed by atoms with Crippen molar-refractivity contribution in [3.63, 3.8) is 0 Å². The minimum Gasteiger partial charge on any atom is -0.494 e. The molecule has 7 nitrogen and oxygen atoms in total. The van der Waals surface area contributed by atoms with Gasteiger partial charge in [0.2, 0.25) is 14.9 Å². The van der Waals surface area contributed by atoms with E-state index in [1.165, 1.54) is 23.9 Å². The lowest BCUT2D eigenvalue weighted by Gasteiger charge is -2.19. The summed E-state index contributed by atoms with van der Waals surface area (Å²) in [4.78, 5) is 0.0604. The van der Waals surface area contributed by atoms with E-state index in [-0.39, 0.29) is 21.0 Å². The lowest BCUT2D eigenvalue weighted by Crippen LogP contribution is -2.12. The minimum atomic E-state index is -4.02. The highest BCUT2D eigenvalue weighted by atomic mass is 32.2. The Labute approximate surface area is 170 Å². The van der Waals surface area contributed by atoms with Crippen molar-refractivity contribution in [1.82, 2.24) is 15.0 Å². The number of hydrogen-bond donors (Lipinski definition) is 0. The Morgan fingerprint density at radius 1 is 1.10 bits per heavy atom. The normalized spacial score (nSPS) is 11.9. The highest BCUT2D eigenvalue weighted by Crippen LogP contribution is 2.29. The van der Waals surface area contributed by atoms with Crippen LogP contribution in [0.1, 0.15) is 37.6 Å². The van der Waals surface area contributed by atoms with Crippen molar-refractivity contribution in [3.05, 3.63) is 59.3 Å². The highest BCUT2D eigenvalue weighted by Gasteiger charge is 2.29. The van der Waals surface area contributed by atoms with Gasteiger partial charge in [0.05, 0.1) is 12.0 Å². The van der Waals surface area contributed by atoms with Gasteiger partial charge in [-0.25, -0.2) is 8.42 Å². The van der Waals surface area contributed by atoms with Crippen LogP contribution in [0.4, 0.5) is 0 Å². The summed E-state index contributed by atoms with van der Waals surface area (Å²) in [6, 6.07) is 13.9. The molecule has 3 aromatic rings. The summed E-state index contributed by atoms with van der Waals surface area (Å²) < 4.78 is 32.8. The van der Waals surface area contributed by atoms with Gasteiger partial charge in [-0.05, 0) is 47.7 Å².